The Kier molecular flexibility index (Phi) is 6.49. The number of halogens is 3. The van der Waals surface area contributed by atoms with E-state index in [0.717, 1.165) is 5.56 Å². The largest absolute Gasteiger partial charge is 0.394 e. The lowest BCUT2D eigenvalue weighted by Gasteiger charge is -2.13. The molecule has 1 rings (SSSR count). The number of rotatable bonds is 3. The summed E-state index contributed by atoms with van der Waals surface area (Å²) in [6.45, 7) is 0.0362. The molecule has 2 nitrogen and oxygen atoms in total. The second-order valence-corrected chi connectivity index (χ2v) is 3.51. The van der Waals surface area contributed by atoms with E-state index in [1.165, 1.54) is 0 Å². The Labute approximate surface area is 99.6 Å². The number of hydrogen-bond acceptors (Lipinski definition) is 2. The van der Waals surface area contributed by atoms with Crippen LogP contribution in [0.15, 0.2) is 18.2 Å². The zero-order valence-electron chi connectivity index (χ0n) is 7.63. The van der Waals surface area contributed by atoms with Crippen LogP contribution in [-0.4, -0.2) is 18.8 Å². The topological polar surface area (TPSA) is 32.3 Å². The van der Waals surface area contributed by atoms with E-state index in [-0.39, 0.29) is 25.1 Å². The summed E-state index contributed by atoms with van der Waals surface area (Å²) in [7, 11) is 1.78. The summed E-state index contributed by atoms with van der Waals surface area (Å²) >= 11 is 11.6. The van der Waals surface area contributed by atoms with Gasteiger partial charge in [0.2, 0.25) is 0 Å². The van der Waals surface area contributed by atoms with E-state index in [1.807, 2.05) is 6.07 Å². The summed E-state index contributed by atoms with van der Waals surface area (Å²) < 4.78 is 0. The quantitative estimate of drug-likeness (QED) is 0.871. The molecule has 0 heterocycles. The van der Waals surface area contributed by atoms with Gasteiger partial charge in [0.1, 0.15) is 0 Å². The van der Waals surface area contributed by atoms with Gasteiger partial charge in [0.25, 0.3) is 0 Å². The third-order valence-corrected chi connectivity index (χ3v) is 2.62. The lowest BCUT2D eigenvalue weighted by Crippen LogP contribution is -2.19. The van der Waals surface area contributed by atoms with Crippen molar-refractivity contribution >= 4 is 35.6 Å². The van der Waals surface area contributed by atoms with Crippen molar-refractivity contribution in [3.05, 3.63) is 33.8 Å². The molecule has 80 valence electrons. The molecule has 1 atom stereocenters. The highest BCUT2D eigenvalue weighted by Gasteiger charge is 2.08. The lowest BCUT2D eigenvalue weighted by molar-refractivity contribution is 0.251. The highest BCUT2D eigenvalue weighted by molar-refractivity contribution is 6.42. The first-order valence-electron chi connectivity index (χ1n) is 3.92. The SMILES string of the molecule is CNC(CO)c1ccc(Cl)c(Cl)c1.Cl. The summed E-state index contributed by atoms with van der Waals surface area (Å²) in [6, 6.07) is 5.22. The predicted octanol–water partition coefficient (Wildman–Crippen LogP) is 2.67. The molecule has 0 fully saturated rings. The fourth-order valence-electron chi connectivity index (χ4n) is 1.09. The van der Waals surface area contributed by atoms with Crippen molar-refractivity contribution in [2.45, 2.75) is 6.04 Å². The van der Waals surface area contributed by atoms with Gasteiger partial charge >= 0.3 is 0 Å². The normalized spacial score (nSPS) is 12.0. The molecule has 0 aliphatic heterocycles. The molecule has 0 bridgehead atoms. The van der Waals surface area contributed by atoms with Gasteiger partial charge in [-0.3, -0.25) is 0 Å². The first kappa shape index (κ1) is 14.0. The Morgan fingerprint density at radius 3 is 2.43 bits per heavy atom. The minimum atomic E-state index is -0.0882. The summed E-state index contributed by atoms with van der Waals surface area (Å²) in [5.41, 5.74) is 0.930. The Morgan fingerprint density at radius 1 is 1.36 bits per heavy atom. The van der Waals surface area contributed by atoms with Gasteiger partial charge in [-0.15, -0.1) is 12.4 Å². The van der Waals surface area contributed by atoms with Crippen molar-refractivity contribution in [2.75, 3.05) is 13.7 Å². The van der Waals surface area contributed by atoms with Gasteiger partial charge in [0.15, 0.2) is 0 Å². The van der Waals surface area contributed by atoms with E-state index in [4.69, 9.17) is 28.3 Å². The molecule has 0 spiro atoms. The first-order chi connectivity index (χ1) is 6.19. The first-order valence-corrected chi connectivity index (χ1v) is 4.67. The molecule has 14 heavy (non-hydrogen) atoms. The van der Waals surface area contributed by atoms with Gasteiger partial charge in [0, 0.05) is 0 Å². The maximum Gasteiger partial charge on any atom is 0.0626 e. The molecule has 0 aliphatic rings. The van der Waals surface area contributed by atoms with Gasteiger partial charge in [0.05, 0.1) is 22.7 Å². The summed E-state index contributed by atoms with van der Waals surface area (Å²) in [5.74, 6) is 0. The fourth-order valence-corrected chi connectivity index (χ4v) is 1.40. The van der Waals surface area contributed by atoms with E-state index >= 15 is 0 Å². The van der Waals surface area contributed by atoms with Gasteiger partial charge in [-0.2, -0.15) is 0 Å². The second-order valence-electron chi connectivity index (χ2n) is 2.70. The molecule has 0 saturated heterocycles. The molecule has 0 radical (unpaired) electrons. The van der Waals surface area contributed by atoms with Crippen LogP contribution in [-0.2, 0) is 0 Å². The van der Waals surface area contributed by atoms with E-state index < -0.39 is 0 Å². The summed E-state index contributed by atoms with van der Waals surface area (Å²) in [6.07, 6.45) is 0. The molecule has 2 N–H and O–H groups in total. The summed E-state index contributed by atoms with van der Waals surface area (Å²) in [5, 5.41) is 13.0. The van der Waals surface area contributed by atoms with Crippen LogP contribution in [0.5, 0.6) is 0 Å². The van der Waals surface area contributed by atoms with Crippen LogP contribution in [0.1, 0.15) is 11.6 Å². The average molecular weight is 257 g/mol. The number of nitrogens with one attached hydrogen (secondary N) is 1. The Bertz CT molecular complexity index is 289. The maximum absolute atomic E-state index is 9.00. The monoisotopic (exact) mass is 255 g/mol. The van der Waals surface area contributed by atoms with Gasteiger partial charge in [-0.25, -0.2) is 0 Å². The van der Waals surface area contributed by atoms with Crippen LogP contribution in [0.25, 0.3) is 0 Å². The fraction of sp³-hybridized carbons (Fsp3) is 0.333. The van der Waals surface area contributed by atoms with Gasteiger partial charge < -0.3 is 10.4 Å². The number of benzene rings is 1. The third kappa shape index (κ3) is 3.30. The molecule has 0 saturated carbocycles. The van der Waals surface area contributed by atoms with Crippen LogP contribution in [0.4, 0.5) is 0 Å². The maximum atomic E-state index is 9.00. The van der Waals surface area contributed by atoms with E-state index in [0.29, 0.717) is 10.0 Å². The zero-order valence-corrected chi connectivity index (χ0v) is 9.96. The lowest BCUT2D eigenvalue weighted by atomic mass is 10.1. The molecule has 0 aromatic heterocycles. The van der Waals surface area contributed by atoms with Crippen molar-refractivity contribution in [1.29, 1.82) is 0 Å². The van der Waals surface area contributed by atoms with Crippen LogP contribution < -0.4 is 5.32 Å². The summed E-state index contributed by atoms with van der Waals surface area (Å²) in [4.78, 5) is 0. The van der Waals surface area contributed by atoms with Gasteiger partial charge in [-0.1, -0.05) is 29.3 Å². The second kappa shape index (κ2) is 6.49. The molecule has 5 heteroatoms. The van der Waals surface area contributed by atoms with Crippen molar-refractivity contribution in [1.82, 2.24) is 5.32 Å². The Balaban J connectivity index is 0.00000169. The van der Waals surface area contributed by atoms with E-state index in [1.54, 1.807) is 19.2 Å². The zero-order chi connectivity index (χ0) is 9.84. The standard InChI is InChI=1S/C9H11Cl2NO.ClH/c1-12-9(5-13)6-2-3-7(10)8(11)4-6;/h2-4,9,12-13H,5H2,1H3;1H. The Hall–Kier alpha value is 0.01000. The Morgan fingerprint density at radius 2 is 2.00 bits per heavy atom. The van der Waals surface area contributed by atoms with Crippen molar-refractivity contribution in [3.8, 4) is 0 Å². The highest BCUT2D eigenvalue weighted by atomic mass is 35.5. The van der Waals surface area contributed by atoms with Crippen LogP contribution in [0, 0.1) is 0 Å². The number of hydrogen-bond donors (Lipinski definition) is 2. The molecular formula is C9H12Cl3NO. The van der Waals surface area contributed by atoms with Crippen LogP contribution in [0.2, 0.25) is 10.0 Å². The molecular weight excluding hydrogens is 244 g/mol. The van der Waals surface area contributed by atoms with Crippen molar-refractivity contribution < 1.29 is 5.11 Å². The molecule has 1 aromatic rings. The third-order valence-electron chi connectivity index (χ3n) is 1.88. The van der Waals surface area contributed by atoms with Crippen molar-refractivity contribution in [2.24, 2.45) is 0 Å². The van der Waals surface area contributed by atoms with Crippen molar-refractivity contribution in [3.63, 3.8) is 0 Å². The molecule has 1 aromatic carbocycles. The van der Waals surface area contributed by atoms with E-state index in [9.17, 15) is 0 Å². The highest BCUT2D eigenvalue weighted by Crippen LogP contribution is 2.25. The number of aliphatic hydroxyl groups excluding tert-OH is 1. The number of likely N-dealkylation sites (N-methyl/N-ethyl adjacent to an activating group) is 1. The number of aliphatic hydroxyl groups is 1. The minimum absolute atomic E-state index is 0. The molecule has 1 unspecified atom stereocenters. The predicted molar refractivity (Wildman–Crippen MR) is 62.6 cm³/mol. The van der Waals surface area contributed by atoms with Crippen LogP contribution in [0.3, 0.4) is 0 Å². The minimum Gasteiger partial charge on any atom is -0.394 e. The molecule has 0 amide bonds. The smallest absolute Gasteiger partial charge is 0.0626 e. The van der Waals surface area contributed by atoms with E-state index in [2.05, 4.69) is 5.32 Å². The van der Waals surface area contributed by atoms with Gasteiger partial charge in [-0.05, 0) is 24.7 Å². The van der Waals surface area contributed by atoms with Crippen LogP contribution >= 0.6 is 35.6 Å². The average Bonchev–Trinajstić information content (AvgIpc) is 2.13. The molecule has 0 aliphatic carbocycles.